The lowest BCUT2D eigenvalue weighted by molar-refractivity contribution is 0.217. The van der Waals surface area contributed by atoms with Gasteiger partial charge in [-0.15, -0.1) is 0 Å². The van der Waals surface area contributed by atoms with Gasteiger partial charge in [-0.05, 0) is 24.7 Å². The van der Waals surface area contributed by atoms with Crippen LogP contribution in [0.3, 0.4) is 0 Å². The highest BCUT2D eigenvalue weighted by atomic mass is 35.5. The molecule has 0 unspecified atom stereocenters. The van der Waals surface area contributed by atoms with Crippen molar-refractivity contribution in [3.63, 3.8) is 0 Å². The van der Waals surface area contributed by atoms with Gasteiger partial charge in [0.1, 0.15) is 0 Å². The first-order valence-corrected chi connectivity index (χ1v) is 4.64. The largest absolute Gasteiger partial charge is 0.395 e. The van der Waals surface area contributed by atoms with Crippen LogP contribution in [0.1, 0.15) is 5.56 Å². The number of halogens is 1. The molecule has 0 amide bonds. The van der Waals surface area contributed by atoms with Gasteiger partial charge in [0.15, 0.2) is 0 Å². The Hall–Kier alpha value is -0.570. The topological polar surface area (TPSA) is 23.5 Å². The normalized spacial score (nSPS) is 10.8. The second kappa shape index (κ2) is 5.22. The lowest BCUT2D eigenvalue weighted by Gasteiger charge is -2.14. The fraction of sp³-hybridized carbons (Fsp3) is 0.400. The zero-order chi connectivity index (χ0) is 9.68. The number of likely N-dealkylation sites (N-methyl/N-ethyl adjacent to an activating group) is 1. The fourth-order valence-electron chi connectivity index (χ4n) is 1.20. The molecule has 1 N–H and O–H groups in total. The summed E-state index contributed by atoms with van der Waals surface area (Å²) in [7, 11) is 1.97. The molecule has 0 atom stereocenters. The van der Waals surface area contributed by atoms with Crippen LogP contribution < -0.4 is 0 Å². The number of rotatable bonds is 4. The van der Waals surface area contributed by atoms with E-state index in [1.165, 1.54) is 5.56 Å². The molecule has 1 aromatic carbocycles. The van der Waals surface area contributed by atoms with E-state index < -0.39 is 0 Å². The third-order valence-electron chi connectivity index (χ3n) is 1.82. The summed E-state index contributed by atoms with van der Waals surface area (Å²) in [5, 5.41) is 9.46. The second-order valence-corrected chi connectivity index (χ2v) is 3.53. The van der Waals surface area contributed by atoms with E-state index >= 15 is 0 Å². The van der Waals surface area contributed by atoms with Gasteiger partial charge in [0.25, 0.3) is 0 Å². The fourth-order valence-corrected chi connectivity index (χ4v) is 1.41. The van der Waals surface area contributed by atoms with Crippen LogP contribution in [0, 0.1) is 0 Å². The summed E-state index contributed by atoms with van der Waals surface area (Å²) in [6.45, 7) is 1.70. The Labute approximate surface area is 83.7 Å². The lowest BCUT2D eigenvalue weighted by atomic mass is 10.2. The first-order valence-electron chi connectivity index (χ1n) is 4.26. The number of benzene rings is 1. The molecule has 0 fully saturated rings. The molecule has 3 heteroatoms. The first-order chi connectivity index (χ1) is 6.22. The van der Waals surface area contributed by atoms with E-state index in [1.54, 1.807) is 0 Å². The Morgan fingerprint density at radius 2 is 2.23 bits per heavy atom. The maximum absolute atomic E-state index is 8.70. The highest BCUT2D eigenvalue weighted by Crippen LogP contribution is 2.11. The highest BCUT2D eigenvalue weighted by molar-refractivity contribution is 6.30. The monoisotopic (exact) mass is 199 g/mol. The molecule has 0 spiro atoms. The van der Waals surface area contributed by atoms with Gasteiger partial charge in [0.05, 0.1) is 6.61 Å². The third-order valence-corrected chi connectivity index (χ3v) is 2.06. The van der Waals surface area contributed by atoms with E-state index in [0.717, 1.165) is 11.6 Å². The zero-order valence-corrected chi connectivity index (χ0v) is 8.46. The van der Waals surface area contributed by atoms with Crippen molar-refractivity contribution in [2.75, 3.05) is 20.2 Å². The van der Waals surface area contributed by atoms with E-state index in [-0.39, 0.29) is 6.61 Å². The van der Waals surface area contributed by atoms with Crippen LogP contribution in [-0.4, -0.2) is 30.2 Å². The van der Waals surface area contributed by atoms with Crippen molar-refractivity contribution in [2.45, 2.75) is 6.54 Å². The van der Waals surface area contributed by atoms with Crippen LogP contribution in [0.5, 0.6) is 0 Å². The van der Waals surface area contributed by atoms with Crippen LogP contribution >= 0.6 is 11.6 Å². The molecular weight excluding hydrogens is 186 g/mol. The maximum Gasteiger partial charge on any atom is 0.0558 e. The molecule has 1 rings (SSSR count). The zero-order valence-electron chi connectivity index (χ0n) is 7.70. The SMILES string of the molecule is CN(CCO)Cc1cccc(Cl)c1. The van der Waals surface area contributed by atoms with E-state index in [2.05, 4.69) is 0 Å². The molecule has 0 heterocycles. The van der Waals surface area contributed by atoms with E-state index in [0.29, 0.717) is 6.54 Å². The summed E-state index contributed by atoms with van der Waals surface area (Å²) < 4.78 is 0. The van der Waals surface area contributed by atoms with Gasteiger partial charge in [-0.3, -0.25) is 4.90 Å². The number of nitrogens with zero attached hydrogens (tertiary/aromatic N) is 1. The minimum atomic E-state index is 0.192. The minimum Gasteiger partial charge on any atom is -0.395 e. The van der Waals surface area contributed by atoms with Crippen molar-refractivity contribution in [3.8, 4) is 0 Å². The number of aliphatic hydroxyl groups excluding tert-OH is 1. The van der Waals surface area contributed by atoms with Crippen molar-refractivity contribution >= 4 is 11.6 Å². The van der Waals surface area contributed by atoms with Crippen LogP contribution in [0.25, 0.3) is 0 Å². The van der Waals surface area contributed by atoms with Gasteiger partial charge in [-0.2, -0.15) is 0 Å². The van der Waals surface area contributed by atoms with Crippen LogP contribution in [0.15, 0.2) is 24.3 Å². The van der Waals surface area contributed by atoms with Crippen LogP contribution in [0.2, 0.25) is 5.02 Å². The van der Waals surface area contributed by atoms with Crippen molar-refractivity contribution in [1.82, 2.24) is 4.90 Å². The van der Waals surface area contributed by atoms with Gasteiger partial charge in [0.2, 0.25) is 0 Å². The maximum atomic E-state index is 8.70. The predicted molar refractivity (Wildman–Crippen MR) is 54.9 cm³/mol. The summed E-state index contributed by atoms with van der Waals surface area (Å²) in [6, 6.07) is 7.76. The van der Waals surface area contributed by atoms with Gasteiger partial charge < -0.3 is 5.11 Å². The molecule has 2 nitrogen and oxygen atoms in total. The van der Waals surface area contributed by atoms with Crippen LogP contribution in [0.4, 0.5) is 0 Å². The first kappa shape index (κ1) is 10.5. The predicted octanol–water partition coefficient (Wildman–Crippen LogP) is 1.76. The molecule has 0 saturated carbocycles. The average molecular weight is 200 g/mol. The van der Waals surface area contributed by atoms with Crippen molar-refractivity contribution in [1.29, 1.82) is 0 Å². The summed E-state index contributed by atoms with van der Waals surface area (Å²) in [5.41, 5.74) is 1.17. The summed E-state index contributed by atoms with van der Waals surface area (Å²) >= 11 is 5.84. The summed E-state index contributed by atoms with van der Waals surface area (Å²) in [4.78, 5) is 2.05. The quantitative estimate of drug-likeness (QED) is 0.799. The molecule has 0 bridgehead atoms. The number of hydrogen-bond acceptors (Lipinski definition) is 2. The van der Waals surface area contributed by atoms with Gasteiger partial charge in [-0.25, -0.2) is 0 Å². The van der Waals surface area contributed by atoms with Crippen LogP contribution in [-0.2, 0) is 6.54 Å². The minimum absolute atomic E-state index is 0.192. The van der Waals surface area contributed by atoms with Gasteiger partial charge in [-0.1, -0.05) is 23.7 Å². The van der Waals surface area contributed by atoms with E-state index in [1.807, 2.05) is 36.2 Å². The smallest absolute Gasteiger partial charge is 0.0558 e. The van der Waals surface area contributed by atoms with Crippen molar-refractivity contribution in [3.05, 3.63) is 34.9 Å². The van der Waals surface area contributed by atoms with E-state index in [4.69, 9.17) is 16.7 Å². The Balaban J connectivity index is 2.53. The standard InChI is InChI=1S/C10H14ClNO/c1-12(5-6-13)8-9-3-2-4-10(11)7-9/h2-4,7,13H,5-6,8H2,1H3. The number of hydrogen-bond donors (Lipinski definition) is 1. The number of aliphatic hydroxyl groups is 1. The molecule has 72 valence electrons. The molecule has 0 saturated heterocycles. The van der Waals surface area contributed by atoms with Gasteiger partial charge >= 0.3 is 0 Å². The molecular formula is C10H14ClNO. The van der Waals surface area contributed by atoms with Crippen molar-refractivity contribution in [2.24, 2.45) is 0 Å². The summed E-state index contributed by atoms with van der Waals surface area (Å²) in [5.74, 6) is 0. The Morgan fingerprint density at radius 3 is 2.85 bits per heavy atom. The second-order valence-electron chi connectivity index (χ2n) is 3.09. The van der Waals surface area contributed by atoms with Gasteiger partial charge in [0, 0.05) is 18.1 Å². The lowest BCUT2D eigenvalue weighted by Crippen LogP contribution is -2.21. The molecule has 13 heavy (non-hydrogen) atoms. The molecule has 0 aliphatic heterocycles. The Kier molecular flexibility index (Phi) is 4.22. The molecule has 0 aromatic heterocycles. The Bertz CT molecular complexity index is 265. The van der Waals surface area contributed by atoms with E-state index in [9.17, 15) is 0 Å². The van der Waals surface area contributed by atoms with Crippen molar-refractivity contribution < 1.29 is 5.11 Å². The highest BCUT2D eigenvalue weighted by Gasteiger charge is 1.99. The third kappa shape index (κ3) is 3.77. The Morgan fingerprint density at radius 1 is 1.46 bits per heavy atom. The molecule has 0 aliphatic carbocycles. The molecule has 1 aromatic rings. The molecule has 0 aliphatic rings. The molecule has 0 radical (unpaired) electrons. The average Bonchev–Trinajstić information content (AvgIpc) is 2.04. The summed E-state index contributed by atoms with van der Waals surface area (Å²) in [6.07, 6.45) is 0.